The van der Waals surface area contributed by atoms with Gasteiger partial charge in [0, 0.05) is 30.2 Å². The second-order valence-corrected chi connectivity index (χ2v) is 7.96. The molecule has 2 saturated heterocycles. The second-order valence-electron chi connectivity index (χ2n) is 7.55. The van der Waals surface area contributed by atoms with E-state index in [-0.39, 0.29) is 23.8 Å². The summed E-state index contributed by atoms with van der Waals surface area (Å²) in [6, 6.07) is 4.91. The van der Waals surface area contributed by atoms with Gasteiger partial charge in [0.1, 0.15) is 5.54 Å². The van der Waals surface area contributed by atoms with Crippen molar-refractivity contribution in [2.75, 3.05) is 19.6 Å². The summed E-state index contributed by atoms with van der Waals surface area (Å²) in [6.45, 7) is 7.31. The zero-order valence-corrected chi connectivity index (χ0v) is 16.1. The van der Waals surface area contributed by atoms with Gasteiger partial charge >= 0.3 is 6.03 Å². The summed E-state index contributed by atoms with van der Waals surface area (Å²) in [5, 5.41) is 3.08. The van der Waals surface area contributed by atoms with Crippen LogP contribution >= 0.6 is 11.6 Å². The molecule has 1 N–H and O–H groups in total. The number of nitrogens with one attached hydrogen (secondary N) is 1. The summed E-state index contributed by atoms with van der Waals surface area (Å²) in [5.41, 5.74) is 0.623. The summed E-state index contributed by atoms with van der Waals surface area (Å²) in [7, 11) is 0. The highest BCUT2D eigenvalue weighted by Gasteiger charge is 2.54. The predicted molar refractivity (Wildman–Crippen MR) is 99.1 cm³/mol. The molecule has 6 nitrogen and oxygen atoms in total. The van der Waals surface area contributed by atoms with E-state index in [4.69, 9.17) is 11.6 Å². The first kappa shape index (κ1) is 18.7. The molecular weight excluding hydrogens is 354 g/mol. The van der Waals surface area contributed by atoms with Crippen molar-refractivity contribution in [2.24, 2.45) is 5.92 Å². The van der Waals surface area contributed by atoms with E-state index in [2.05, 4.69) is 5.32 Å². The Hall–Kier alpha value is -2.08. The van der Waals surface area contributed by atoms with Crippen LogP contribution in [0.3, 0.4) is 0 Å². The number of hydrogen-bond acceptors (Lipinski definition) is 3. The number of rotatable bonds is 3. The highest BCUT2D eigenvalue weighted by atomic mass is 35.5. The van der Waals surface area contributed by atoms with Gasteiger partial charge in [0.05, 0.1) is 0 Å². The molecule has 1 aromatic rings. The largest absolute Gasteiger partial charge is 0.338 e. The number of benzene rings is 1. The van der Waals surface area contributed by atoms with Crippen molar-refractivity contribution >= 4 is 29.4 Å². The molecule has 2 aliphatic rings. The van der Waals surface area contributed by atoms with Gasteiger partial charge in [-0.15, -0.1) is 0 Å². The van der Waals surface area contributed by atoms with Gasteiger partial charge in [-0.05, 0) is 49.4 Å². The topological polar surface area (TPSA) is 69.7 Å². The molecular formula is C19H24ClN3O3. The Morgan fingerprint density at radius 3 is 2.50 bits per heavy atom. The molecule has 1 aromatic carbocycles. The Kier molecular flexibility index (Phi) is 4.97. The number of imide groups is 1. The van der Waals surface area contributed by atoms with Crippen LogP contribution in [0.1, 0.15) is 42.6 Å². The fraction of sp³-hybridized carbons (Fsp3) is 0.526. The Bertz CT molecular complexity index is 754. The maximum absolute atomic E-state index is 12.8. The Balaban J connectivity index is 1.75. The Morgan fingerprint density at radius 1 is 1.27 bits per heavy atom. The van der Waals surface area contributed by atoms with Gasteiger partial charge in [-0.25, -0.2) is 4.79 Å². The molecule has 0 aliphatic carbocycles. The van der Waals surface area contributed by atoms with E-state index in [0.717, 1.165) is 5.56 Å². The van der Waals surface area contributed by atoms with Crippen molar-refractivity contribution < 1.29 is 14.4 Å². The second kappa shape index (κ2) is 6.91. The van der Waals surface area contributed by atoms with Crippen LogP contribution in [-0.4, -0.2) is 52.8 Å². The van der Waals surface area contributed by atoms with Gasteiger partial charge in [0.2, 0.25) is 0 Å². The highest BCUT2D eigenvalue weighted by Crippen LogP contribution is 2.34. The van der Waals surface area contributed by atoms with Gasteiger partial charge in [-0.1, -0.05) is 25.4 Å². The minimum atomic E-state index is -0.825. The van der Waals surface area contributed by atoms with Gasteiger partial charge in [-0.2, -0.15) is 0 Å². The number of likely N-dealkylation sites (tertiary alicyclic amines) is 1. The maximum atomic E-state index is 12.8. The number of amides is 4. The quantitative estimate of drug-likeness (QED) is 0.823. The molecule has 2 fully saturated rings. The smallest absolute Gasteiger partial charge is 0.325 e. The minimum Gasteiger partial charge on any atom is -0.338 e. The summed E-state index contributed by atoms with van der Waals surface area (Å²) < 4.78 is 0. The molecule has 0 unspecified atom stereocenters. The number of nitrogens with zero attached hydrogens (tertiary/aromatic N) is 2. The lowest BCUT2D eigenvalue weighted by Gasteiger charge is -2.42. The number of carbonyl (C=O) groups is 3. The van der Waals surface area contributed by atoms with E-state index in [0.29, 0.717) is 43.1 Å². The Morgan fingerprint density at radius 2 is 1.92 bits per heavy atom. The van der Waals surface area contributed by atoms with Crippen LogP contribution in [0.2, 0.25) is 5.02 Å². The van der Waals surface area contributed by atoms with Gasteiger partial charge in [-0.3, -0.25) is 14.9 Å². The fourth-order valence-corrected chi connectivity index (χ4v) is 3.88. The maximum Gasteiger partial charge on any atom is 0.325 e. The molecule has 140 valence electrons. The summed E-state index contributed by atoms with van der Waals surface area (Å²) >= 11 is 6.03. The molecule has 4 amide bonds. The molecule has 7 heteroatoms. The zero-order valence-electron chi connectivity index (χ0n) is 15.3. The zero-order chi connectivity index (χ0) is 19.1. The molecule has 3 rings (SSSR count). The van der Waals surface area contributed by atoms with E-state index >= 15 is 0 Å². The minimum absolute atomic E-state index is 0.0697. The number of hydrogen-bond donors (Lipinski definition) is 1. The first-order valence-corrected chi connectivity index (χ1v) is 9.31. The third-order valence-corrected chi connectivity index (χ3v) is 5.66. The van der Waals surface area contributed by atoms with Crippen LogP contribution < -0.4 is 5.32 Å². The van der Waals surface area contributed by atoms with Crippen molar-refractivity contribution in [3.63, 3.8) is 0 Å². The average Bonchev–Trinajstić information content (AvgIpc) is 2.81. The van der Waals surface area contributed by atoms with Crippen LogP contribution in [0.4, 0.5) is 4.79 Å². The Labute approximate surface area is 158 Å². The lowest BCUT2D eigenvalue weighted by Crippen LogP contribution is -2.58. The molecule has 0 aromatic heterocycles. The number of aryl methyl sites for hydroxylation is 1. The molecule has 2 aliphatic heterocycles. The third-order valence-electron chi connectivity index (χ3n) is 5.24. The van der Waals surface area contributed by atoms with E-state index < -0.39 is 5.54 Å². The van der Waals surface area contributed by atoms with E-state index in [1.54, 1.807) is 28.0 Å². The normalized spacial score (nSPS) is 19.4. The molecule has 0 saturated carbocycles. The van der Waals surface area contributed by atoms with E-state index in [9.17, 15) is 14.4 Å². The van der Waals surface area contributed by atoms with Crippen molar-refractivity contribution in [3.05, 3.63) is 34.3 Å². The summed E-state index contributed by atoms with van der Waals surface area (Å²) in [6.07, 6.45) is 0.908. The predicted octanol–water partition coefficient (Wildman–Crippen LogP) is 2.83. The summed E-state index contributed by atoms with van der Waals surface area (Å²) in [5.74, 6) is -0.0439. The van der Waals surface area contributed by atoms with Crippen LogP contribution in [-0.2, 0) is 4.79 Å². The SMILES string of the molecule is Cc1cc(C(=O)N2CCC3(CC2)C(=O)NC(=O)N3CC(C)C)ccc1Cl. The monoisotopic (exact) mass is 377 g/mol. The number of urea groups is 1. The number of halogens is 1. The molecule has 0 bridgehead atoms. The van der Waals surface area contributed by atoms with Gasteiger partial charge in [0.15, 0.2) is 0 Å². The lowest BCUT2D eigenvalue weighted by atomic mass is 9.85. The van der Waals surface area contributed by atoms with Gasteiger partial charge in [0.25, 0.3) is 11.8 Å². The fourth-order valence-electron chi connectivity index (χ4n) is 3.76. The number of piperidine rings is 1. The lowest BCUT2D eigenvalue weighted by molar-refractivity contribution is -0.129. The first-order chi connectivity index (χ1) is 12.2. The van der Waals surface area contributed by atoms with Crippen molar-refractivity contribution in [3.8, 4) is 0 Å². The van der Waals surface area contributed by atoms with Crippen molar-refractivity contribution in [2.45, 2.75) is 39.2 Å². The van der Waals surface area contributed by atoms with Crippen molar-refractivity contribution in [1.29, 1.82) is 0 Å². The van der Waals surface area contributed by atoms with E-state index in [1.165, 1.54) is 0 Å². The summed E-state index contributed by atoms with van der Waals surface area (Å²) in [4.78, 5) is 40.9. The highest BCUT2D eigenvalue weighted by molar-refractivity contribution is 6.31. The van der Waals surface area contributed by atoms with Crippen molar-refractivity contribution in [1.82, 2.24) is 15.1 Å². The third kappa shape index (κ3) is 3.18. The van der Waals surface area contributed by atoms with Gasteiger partial charge < -0.3 is 9.80 Å². The average molecular weight is 378 g/mol. The first-order valence-electron chi connectivity index (χ1n) is 8.93. The van der Waals surface area contributed by atoms with Crippen LogP contribution in [0.25, 0.3) is 0 Å². The standard InChI is InChI=1S/C19H24ClN3O3/c1-12(2)11-23-18(26)21-17(25)19(23)6-8-22(9-7-19)16(24)14-4-5-15(20)13(3)10-14/h4-5,10,12H,6-9,11H2,1-3H3,(H,21,25,26). The molecule has 0 radical (unpaired) electrons. The van der Waals surface area contributed by atoms with Crippen LogP contribution in [0.15, 0.2) is 18.2 Å². The van der Waals surface area contributed by atoms with E-state index in [1.807, 2.05) is 20.8 Å². The van der Waals surface area contributed by atoms with Crippen LogP contribution in [0, 0.1) is 12.8 Å². The molecule has 2 heterocycles. The number of carbonyl (C=O) groups excluding carboxylic acids is 3. The molecule has 26 heavy (non-hydrogen) atoms. The van der Waals surface area contributed by atoms with Crippen LogP contribution in [0.5, 0.6) is 0 Å². The molecule has 0 atom stereocenters. The molecule has 1 spiro atoms.